The molecule has 0 aliphatic heterocycles. The van der Waals surface area contributed by atoms with Crippen molar-refractivity contribution in [1.82, 2.24) is 0 Å². The van der Waals surface area contributed by atoms with E-state index < -0.39 is 0 Å². The molecule has 0 aromatic heterocycles. The van der Waals surface area contributed by atoms with Gasteiger partial charge in [-0.1, -0.05) is 70.4 Å². The van der Waals surface area contributed by atoms with Gasteiger partial charge in [0.2, 0.25) is 0 Å². The maximum Gasteiger partial charge on any atom is 0.166 e. The molecule has 0 atom stereocenters. The lowest BCUT2D eigenvalue weighted by Gasteiger charge is -2.22. The molecule has 2 nitrogen and oxygen atoms in total. The molecule has 2 aromatic rings. The largest absolute Gasteiger partial charge is 0.504 e. The predicted octanol–water partition coefficient (Wildman–Crippen LogP) is 5.62. The van der Waals surface area contributed by atoms with Gasteiger partial charge in [0.1, 0.15) is 0 Å². The van der Waals surface area contributed by atoms with Gasteiger partial charge in [-0.15, -0.1) is 0 Å². The Morgan fingerprint density at radius 2 is 1.17 bits per heavy atom. The molecular formula is C21H28O2. The van der Waals surface area contributed by atoms with Crippen LogP contribution in [0.4, 0.5) is 0 Å². The van der Waals surface area contributed by atoms with Gasteiger partial charge in [-0.3, -0.25) is 0 Å². The topological polar surface area (TPSA) is 40.5 Å². The molecule has 0 radical (unpaired) electrons. The fraction of sp³-hybridized carbons (Fsp3) is 0.429. The zero-order chi connectivity index (χ0) is 16.8. The highest BCUT2D eigenvalue weighted by Gasteiger charge is 2.22. The highest BCUT2D eigenvalue weighted by atomic mass is 16.3. The van der Waals surface area contributed by atoms with Crippen molar-refractivity contribution in [2.24, 2.45) is 0 Å². The van der Waals surface area contributed by atoms with Crippen molar-refractivity contribution in [3.63, 3.8) is 0 Å². The molecule has 124 valence electrons. The standard InChI is InChI=1S/C21H28O2/c1-4-10-16-17(11-5-2)19(15-13-8-7-9-14-15)21(23)20(22)18(16)12-6-3/h7-9,13-14,22-23H,4-6,10-12H2,1-3H3. The minimum Gasteiger partial charge on any atom is -0.504 e. The Kier molecular flexibility index (Phi) is 6.09. The number of hydrogen-bond donors (Lipinski definition) is 2. The fourth-order valence-electron chi connectivity index (χ4n) is 3.39. The van der Waals surface area contributed by atoms with E-state index in [4.69, 9.17) is 0 Å². The fourth-order valence-corrected chi connectivity index (χ4v) is 3.39. The molecule has 2 aromatic carbocycles. The lowest BCUT2D eigenvalue weighted by atomic mass is 9.85. The summed E-state index contributed by atoms with van der Waals surface area (Å²) in [5.41, 5.74) is 5.18. The molecule has 0 saturated carbocycles. The first-order valence-corrected chi connectivity index (χ1v) is 8.79. The van der Waals surface area contributed by atoms with E-state index in [2.05, 4.69) is 20.8 Å². The second-order valence-electron chi connectivity index (χ2n) is 6.12. The maximum atomic E-state index is 10.7. The van der Waals surface area contributed by atoms with Gasteiger partial charge in [0.25, 0.3) is 0 Å². The van der Waals surface area contributed by atoms with Crippen molar-refractivity contribution in [1.29, 1.82) is 0 Å². The molecule has 0 saturated heterocycles. The summed E-state index contributed by atoms with van der Waals surface area (Å²) in [6.07, 6.45) is 5.68. The average Bonchev–Trinajstić information content (AvgIpc) is 2.57. The van der Waals surface area contributed by atoms with E-state index in [9.17, 15) is 10.2 Å². The number of hydrogen-bond acceptors (Lipinski definition) is 2. The summed E-state index contributed by atoms with van der Waals surface area (Å²) in [6, 6.07) is 9.92. The quantitative estimate of drug-likeness (QED) is 0.651. The molecule has 0 aliphatic rings. The normalized spacial score (nSPS) is 10.9. The molecule has 2 heteroatoms. The van der Waals surface area contributed by atoms with Gasteiger partial charge in [0, 0.05) is 11.1 Å². The molecular weight excluding hydrogens is 284 g/mol. The van der Waals surface area contributed by atoms with Crippen molar-refractivity contribution in [3.05, 3.63) is 47.0 Å². The van der Waals surface area contributed by atoms with Crippen LogP contribution in [-0.4, -0.2) is 10.2 Å². The molecule has 0 heterocycles. The SMILES string of the molecule is CCCc1c(O)c(O)c(-c2ccccc2)c(CCC)c1CCC. The van der Waals surface area contributed by atoms with Crippen LogP contribution in [0.3, 0.4) is 0 Å². The summed E-state index contributed by atoms with van der Waals surface area (Å²) in [6.45, 7) is 6.43. The lowest BCUT2D eigenvalue weighted by molar-refractivity contribution is 0.399. The first-order valence-electron chi connectivity index (χ1n) is 8.79. The second-order valence-corrected chi connectivity index (χ2v) is 6.12. The third kappa shape index (κ3) is 3.52. The van der Waals surface area contributed by atoms with E-state index in [1.54, 1.807) is 0 Å². The van der Waals surface area contributed by atoms with Crippen molar-refractivity contribution >= 4 is 0 Å². The maximum absolute atomic E-state index is 10.7. The molecule has 0 aliphatic carbocycles. The molecule has 2 N–H and O–H groups in total. The van der Waals surface area contributed by atoms with Crippen molar-refractivity contribution in [3.8, 4) is 22.6 Å². The zero-order valence-electron chi connectivity index (χ0n) is 14.5. The van der Waals surface area contributed by atoms with Crippen LogP contribution in [0.1, 0.15) is 56.7 Å². The Labute approximate surface area is 139 Å². The van der Waals surface area contributed by atoms with E-state index in [1.807, 2.05) is 30.3 Å². The van der Waals surface area contributed by atoms with Crippen LogP contribution in [0.15, 0.2) is 30.3 Å². The van der Waals surface area contributed by atoms with Crippen molar-refractivity contribution in [2.45, 2.75) is 59.3 Å². The van der Waals surface area contributed by atoms with E-state index >= 15 is 0 Å². The summed E-state index contributed by atoms with van der Waals surface area (Å²) < 4.78 is 0. The Morgan fingerprint density at radius 1 is 0.652 bits per heavy atom. The molecule has 0 spiro atoms. The third-order valence-electron chi connectivity index (χ3n) is 4.34. The van der Waals surface area contributed by atoms with Gasteiger partial charge in [-0.05, 0) is 36.0 Å². The Morgan fingerprint density at radius 3 is 1.74 bits per heavy atom. The van der Waals surface area contributed by atoms with Crippen LogP contribution >= 0.6 is 0 Å². The van der Waals surface area contributed by atoms with Crippen molar-refractivity contribution in [2.75, 3.05) is 0 Å². The number of benzene rings is 2. The van der Waals surface area contributed by atoms with Gasteiger partial charge in [0.05, 0.1) is 0 Å². The van der Waals surface area contributed by atoms with Gasteiger partial charge in [-0.2, -0.15) is 0 Å². The molecule has 0 bridgehead atoms. The van der Waals surface area contributed by atoms with E-state index in [0.29, 0.717) is 0 Å². The van der Waals surface area contributed by atoms with Crippen LogP contribution in [0.5, 0.6) is 11.5 Å². The number of phenolic OH excluding ortho intramolecular Hbond substituents is 2. The second kappa shape index (κ2) is 8.05. The summed E-state index contributed by atoms with van der Waals surface area (Å²) >= 11 is 0. The molecule has 2 rings (SSSR count). The first kappa shape index (κ1) is 17.4. The predicted molar refractivity (Wildman–Crippen MR) is 97.2 cm³/mol. The highest BCUT2D eigenvalue weighted by Crippen LogP contribution is 2.45. The van der Waals surface area contributed by atoms with Gasteiger partial charge in [-0.25, -0.2) is 0 Å². The van der Waals surface area contributed by atoms with Crippen LogP contribution in [0.2, 0.25) is 0 Å². The lowest BCUT2D eigenvalue weighted by Crippen LogP contribution is -2.04. The van der Waals surface area contributed by atoms with Crippen molar-refractivity contribution < 1.29 is 10.2 Å². The number of phenols is 2. The van der Waals surface area contributed by atoms with Crippen LogP contribution in [0, 0.1) is 0 Å². The summed E-state index contributed by atoms with van der Waals surface area (Å²) in [5, 5.41) is 21.3. The highest BCUT2D eigenvalue weighted by molar-refractivity contribution is 5.79. The molecule has 0 fully saturated rings. The Balaban J connectivity index is 2.79. The van der Waals surface area contributed by atoms with Crippen LogP contribution < -0.4 is 0 Å². The Hall–Kier alpha value is -1.96. The van der Waals surface area contributed by atoms with Gasteiger partial charge in [0.15, 0.2) is 11.5 Å². The van der Waals surface area contributed by atoms with Gasteiger partial charge >= 0.3 is 0 Å². The smallest absolute Gasteiger partial charge is 0.166 e. The average molecular weight is 312 g/mol. The minimum absolute atomic E-state index is 0.0444. The minimum atomic E-state index is 0.0444. The molecule has 23 heavy (non-hydrogen) atoms. The summed E-state index contributed by atoms with van der Waals surface area (Å²) in [7, 11) is 0. The van der Waals surface area contributed by atoms with Gasteiger partial charge < -0.3 is 10.2 Å². The summed E-state index contributed by atoms with van der Waals surface area (Å²) in [5.74, 6) is 0.122. The third-order valence-corrected chi connectivity index (χ3v) is 4.34. The number of rotatable bonds is 7. The van der Waals surface area contributed by atoms with Crippen LogP contribution in [0.25, 0.3) is 11.1 Å². The molecule has 0 amide bonds. The van der Waals surface area contributed by atoms with E-state index in [1.165, 1.54) is 11.1 Å². The van der Waals surface area contributed by atoms with E-state index in [0.717, 1.165) is 55.2 Å². The Bertz CT molecular complexity index is 645. The molecule has 0 unspecified atom stereocenters. The number of aromatic hydroxyl groups is 2. The first-order chi connectivity index (χ1) is 11.2. The van der Waals surface area contributed by atoms with E-state index in [-0.39, 0.29) is 11.5 Å². The monoisotopic (exact) mass is 312 g/mol. The zero-order valence-corrected chi connectivity index (χ0v) is 14.5. The van der Waals surface area contributed by atoms with Crippen LogP contribution in [-0.2, 0) is 19.3 Å². The summed E-state index contributed by atoms with van der Waals surface area (Å²) in [4.78, 5) is 0.